The number of piperidine rings is 1. The van der Waals surface area contributed by atoms with Crippen LogP contribution < -0.4 is 4.90 Å². The van der Waals surface area contributed by atoms with Gasteiger partial charge in [0, 0.05) is 49.3 Å². The Bertz CT molecular complexity index is 868. The summed E-state index contributed by atoms with van der Waals surface area (Å²) in [7, 11) is 0. The van der Waals surface area contributed by atoms with E-state index in [0.29, 0.717) is 30.6 Å². The van der Waals surface area contributed by atoms with E-state index in [-0.39, 0.29) is 0 Å². The van der Waals surface area contributed by atoms with Crippen LogP contribution in [0, 0.1) is 0 Å². The molecule has 2 atom stereocenters. The number of carbonyl (C=O) groups is 1. The predicted molar refractivity (Wildman–Crippen MR) is 121 cm³/mol. The molecule has 0 saturated carbocycles. The summed E-state index contributed by atoms with van der Waals surface area (Å²) in [4.78, 5) is 19.2. The molecule has 2 aromatic rings. The van der Waals surface area contributed by atoms with Crippen molar-refractivity contribution < 1.29 is 4.79 Å². The molecule has 152 valence electrons. The van der Waals surface area contributed by atoms with Crippen LogP contribution >= 0.6 is 11.8 Å². The molecule has 0 aliphatic carbocycles. The zero-order chi connectivity index (χ0) is 19.6. The molecule has 0 aromatic heterocycles. The maximum Gasteiger partial charge on any atom is 0.137 e. The average molecular weight is 407 g/mol. The third-order valence-electron chi connectivity index (χ3n) is 6.75. The van der Waals surface area contributed by atoms with Gasteiger partial charge >= 0.3 is 0 Å². The summed E-state index contributed by atoms with van der Waals surface area (Å²) in [6.07, 6.45) is 4.80. The second kappa shape index (κ2) is 8.53. The van der Waals surface area contributed by atoms with Crippen molar-refractivity contribution in [1.29, 1.82) is 0 Å². The summed E-state index contributed by atoms with van der Waals surface area (Å²) in [5.74, 6) is 2.25. The lowest BCUT2D eigenvalue weighted by molar-refractivity contribution is -0.118. The van der Waals surface area contributed by atoms with E-state index in [2.05, 4.69) is 28.0 Å². The van der Waals surface area contributed by atoms with Gasteiger partial charge in [-0.2, -0.15) is 0 Å². The average Bonchev–Trinajstić information content (AvgIpc) is 2.90. The van der Waals surface area contributed by atoms with Crippen LogP contribution in [-0.4, -0.2) is 48.7 Å². The Balaban J connectivity index is 1.18. The zero-order valence-electron chi connectivity index (χ0n) is 17.1. The SMILES string of the molecule is O=C(CCCN1CC[C@H]2[C@@H](C1)c1cccc3c1N2CCCS3)Cc1ccccc1. The summed E-state index contributed by atoms with van der Waals surface area (Å²) < 4.78 is 0. The first-order chi connectivity index (χ1) is 14.3. The lowest BCUT2D eigenvalue weighted by Crippen LogP contribution is -2.46. The molecule has 3 heterocycles. The Labute approximate surface area is 178 Å². The van der Waals surface area contributed by atoms with Gasteiger partial charge in [0.25, 0.3) is 0 Å². The first-order valence-electron chi connectivity index (χ1n) is 11.1. The van der Waals surface area contributed by atoms with E-state index in [1.165, 1.54) is 36.6 Å². The third kappa shape index (κ3) is 3.97. The van der Waals surface area contributed by atoms with Crippen molar-refractivity contribution in [3.05, 3.63) is 59.7 Å². The molecule has 1 fully saturated rings. The summed E-state index contributed by atoms with van der Waals surface area (Å²) in [6, 6.07) is 17.8. The highest BCUT2D eigenvalue weighted by atomic mass is 32.2. The van der Waals surface area contributed by atoms with Crippen LogP contribution in [0.1, 0.15) is 42.7 Å². The van der Waals surface area contributed by atoms with Crippen molar-refractivity contribution in [3.63, 3.8) is 0 Å². The second-order valence-electron chi connectivity index (χ2n) is 8.66. The molecule has 0 spiro atoms. The van der Waals surface area contributed by atoms with Crippen molar-refractivity contribution in [2.24, 2.45) is 0 Å². The van der Waals surface area contributed by atoms with E-state index >= 15 is 0 Å². The normalized spacial score (nSPS) is 23.4. The number of likely N-dealkylation sites (tertiary alicyclic amines) is 1. The van der Waals surface area contributed by atoms with Crippen LogP contribution in [0.15, 0.2) is 53.4 Å². The van der Waals surface area contributed by atoms with Crippen LogP contribution in [0.25, 0.3) is 0 Å². The first-order valence-corrected chi connectivity index (χ1v) is 12.1. The molecule has 0 unspecified atom stereocenters. The quantitative estimate of drug-likeness (QED) is 0.691. The topological polar surface area (TPSA) is 23.6 Å². The van der Waals surface area contributed by atoms with Gasteiger partial charge in [0.2, 0.25) is 0 Å². The summed E-state index contributed by atoms with van der Waals surface area (Å²) in [6.45, 7) is 4.58. The lowest BCUT2D eigenvalue weighted by atomic mass is 9.89. The Morgan fingerprint density at radius 1 is 1.07 bits per heavy atom. The molecule has 3 aliphatic heterocycles. The van der Waals surface area contributed by atoms with Gasteiger partial charge in [-0.15, -0.1) is 11.8 Å². The number of anilines is 1. The number of carbonyl (C=O) groups excluding carboxylic acids is 1. The second-order valence-corrected chi connectivity index (χ2v) is 9.79. The molecule has 4 heteroatoms. The lowest BCUT2D eigenvalue weighted by Gasteiger charge is -2.39. The maximum absolute atomic E-state index is 12.3. The Kier molecular flexibility index (Phi) is 5.65. The summed E-state index contributed by atoms with van der Waals surface area (Å²) in [5.41, 5.74) is 4.26. The monoisotopic (exact) mass is 406 g/mol. The number of ketones is 1. The fourth-order valence-corrected chi connectivity index (χ4v) is 6.46. The number of hydrogen-bond donors (Lipinski definition) is 0. The Hall–Kier alpha value is -1.78. The van der Waals surface area contributed by atoms with Crippen LogP contribution in [0.4, 0.5) is 5.69 Å². The van der Waals surface area contributed by atoms with Gasteiger partial charge in [0.1, 0.15) is 5.78 Å². The highest BCUT2D eigenvalue weighted by molar-refractivity contribution is 7.99. The fraction of sp³-hybridized carbons (Fsp3) is 0.480. The Morgan fingerprint density at radius 2 is 1.97 bits per heavy atom. The van der Waals surface area contributed by atoms with Gasteiger partial charge in [-0.25, -0.2) is 0 Å². The molecular weight excluding hydrogens is 376 g/mol. The number of thioether (sulfide) groups is 1. The predicted octanol–water partition coefficient (Wildman–Crippen LogP) is 4.75. The van der Waals surface area contributed by atoms with E-state index in [4.69, 9.17) is 0 Å². The standard InChI is InChI=1S/C25H30N2OS/c28-20(17-19-7-2-1-3-8-19)9-5-13-26-15-12-23-22(18-26)21-10-4-11-24-25(21)27(23)14-6-16-29-24/h1-4,7-8,10-11,22-23H,5-6,9,12-18H2/t22-,23-/m0/s1. The molecule has 29 heavy (non-hydrogen) atoms. The highest BCUT2D eigenvalue weighted by Gasteiger charge is 2.43. The van der Waals surface area contributed by atoms with Crippen LogP contribution in [0.2, 0.25) is 0 Å². The number of nitrogens with zero attached hydrogens (tertiary/aromatic N) is 2. The van der Waals surface area contributed by atoms with Gasteiger partial charge in [0.05, 0.1) is 5.69 Å². The van der Waals surface area contributed by atoms with Gasteiger partial charge in [0.15, 0.2) is 0 Å². The molecule has 5 rings (SSSR count). The molecule has 0 amide bonds. The van der Waals surface area contributed by atoms with E-state index in [1.807, 2.05) is 42.1 Å². The minimum Gasteiger partial charge on any atom is -0.367 e. The number of fused-ring (bicyclic) bond motifs is 3. The number of rotatable bonds is 6. The molecule has 3 aliphatic rings. The smallest absolute Gasteiger partial charge is 0.137 e. The molecule has 0 bridgehead atoms. The maximum atomic E-state index is 12.3. The molecule has 1 saturated heterocycles. The summed E-state index contributed by atoms with van der Waals surface area (Å²) in [5, 5.41) is 0. The van der Waals surface area contributed by atoms with Crippen LogP contribution in [-0.2, 0) is 11.2 Å². The van der Waals surface area contributed by atoms with Crippen molar-refractivity contribution in [1.82, 2.24) is 4.90 Å². The molecule has 0 N–H and O–H groups in total. The Morgan fingerprint density at radius 3 is 2.86 bits per heavy atom. The van der Waals surface area contributed by atoms with Gasteiger partial charge in [-0.3, -0.25) is 4.79 Å². The number of benzene rings is 2. The van der Waals surface area contributed by atoms with Crippen molar-refractivity contribution >= 4 is 23.2 Å². The highest BCUT2D eigenvalue weighted by Crippen LogP contribution is 2.50. The van der Waals surface area contributed by atoms with E-state index in [0.717, 1.165) is 25.1 Å². The molecule has 3 nitrogen and oxygen atoms in total. The number of Topliss-reactive ketones (excluding diaryl/α,β-unsaturated/α-hetero) is 1. The van der Waals surface area contributed by atoms with Gasteiger partial charge in [-0.1, -0.05) is 42.5 Å². The number of para-hydroxylation sites is 1. The van der Waals surface area contributed by atoms with Crippen molar-refractivity contribution in [2.45, 2.75) is 49.0 Å². The van der Waals surface area contributed by atoms with E-state index < -0.39 is 0 Å². The molecular formula is C25H30N2OS. The van der Waals surface area contributed by atoms with E-state index in [1.54, 1.807) is 11.3 Å². The molecule has 0 radical (unpaired) electrons. The fourth-order valence-electron chi connectivity index (χ4n) is 5.42. The van der Waals surface area contributed by atoms with Crippen molar-refractivity contribution in [2.75, 3.05) is 36.8 Å². The third-order valence-corrected chi connectivity index (χ3v) is 7.89. The minimum absolute atomic E-state index is 0.368. The summed E-state index contributed by atoms with van der Waals surface area (Å²) >= 11 is 2.04. The van der Waals surface area contributed by atoms with Gasteiger partial charge < -0.3 is 9.80 Å². The van der Waals surface area contributed by atoms with Crippen LogP contribution in [0.5, 0.6) is 0 Å². The first kappa shape index (κ1) is 19.2. The largest absolute Gasteiger partial charge is 0.367 e. The minimum atomic E-state index is 0.368. The van der Waals surface area contributed by atoms with Crippen LogP contribution in [0.3, 0.4) is 0 Å². The van der Waals surface area contributed by atoms with Crippen molar-refractivity contribution in [3.8, 4) is 0 Å². The van der Waals surface area contributed by atoms with E-state index in [9.17, 15) is 4.79 Å². The number of hydrogen-bond acceptors (Lipinski definition) is 4. The van der Waals surface area contributed by atoms with Gasteiger partial charge in [-0.05, 0) is 48.8 Å². The zero-order valence-corrected chi connectivity index (χ0v) is 17.9. The molecule has 2 aromatic carbocycles.